The molecule has 0 bridgehead atoms. The standard InChI is InChI=1S/C23H17N5O2S/c1-24-22-20(19-7-4-10-31-19)21(14-8-9-17-18(11-14)30-13-29-17)26-23(27-22)28-12-25-15-5-2-3-6-16(15)28/h2-12H,13H2,1H3,(H,24,26,27). The second-order valence-electron chi connectivity index (χ2n) is 6.99. The number of benzene rings is 2. The number of hydrogen-bond acceptors (Lipinski definition) is 7. The molecule has 31 heavy (non-hydrogen) atoms. The van der Waals surface area contributed by atoms with Crippen LogP contribution in [0.1, 0.15) is 0 Å². The van der Waals surface area contributed by atoms with E-state index in [2.05, 4.69) is 21.7 Å². The monoisotopic (exact) mass is 427 g/mol. The van der Waals surface area contributed by atoms with Crippen molar-refractivity contribution in [2.24, 2.45) is 0 Å². The van der Waals surface area contributed by atoms with Crippen molar-refractivity contribution >= 4 is 28.2 Å². The third-order valence-electron chi connectivity index (χ3n) is 5.22. The first-order valence-corrected chi connectivity index (χ1v) is 10.7. The number of ether oxygens (including phenoxy) is 2. The maximum Gasteiger partial charge on any atom is 0.238 e. The van der Waals surface area contributed by atoms with Crippen LogP contribution in [0.15, 0.2) is 66.3 Å². The van der Waals surface area contributed by atoms with Crippen LogP contribution in [0.25, 0.3) is 38.7 Å². The Kier molecular flexibility index (Phi) is 4.10. The second-order valence-corrected chi connectivity index (χ2v) is 7.94. The summed E-state index contributed by atoms with van der Waals surface area (Å²) in [5.74, 6) is 2.75. The molecule has 1 aliphatic heterocycles. The topological polar surface area (TPSA) is 74.1 Å². The van der Waals surface area contributed by atoms with Crippen LogP contribution in [0.4, 0.5) is 5.82 Å². The van der Waals surface area contributed by atoms with Gasteiger partial charge in [0.05, 0.1) is 22.3 Å². The van der Waals surface area contributed by atoms with E-state index in [0.29, 0.717) is 11.7 Å². The number of hydrogen-bond donors (Lipinski definition) is 1. The molecule has 0 amide bonds. The van der Waals surface area contributed by atoms with Crippen molar-refractivity contribution in [2.45, 2.75) is 0 Å². The lowest BCUT2D eigenvalue weighted by Gasteiger charge is -2.15. The summed E-state index contributed by atoms with van der Waals surface area (Å²) in [6, 6.07) is 17.9. The Morgan fingerprint density at radius 3 is 2.77 bits per heavy atom. The fraction of sp³-hybridized carbons (Fsp3) is 0.0870. The van der Waals surface area contributed by atoms with Gasteiger partial charge in [0, 0.05) is 17.5 Å². The normalized spacial score (nSPS) is 12.4. The highest BCUT2D eigenvalue weighted by atomic mass is 32.1. The third kappa shape index (κ3) is 2.91. The quantitative estimate of drug-likeness (QED) is 0.436. The first kappa shape index (κ1) is 17.9. The van der Waals surface area contributed by atoms with E-state index < -0.39 is 0 Å². The van der Waals surface area contributed by atoms with E-state index in [-0.39, 0.29) is 6.79 Å². The van der Waals surface area contributed by atoms with Crippen LogP contribution in [-0.4, -0.2) is 33.4 Å². The zero-order chi connectivity index (χ0) is 20.8. The first-order valence-electron chi connectivity index (χ1n) is 9.78. The van der Waals surface area contributed by atoms with Crippen molar-refractivity contribution < 1.29 is 9.47 Å². The highest BCUT2D eigenvalue weighted by Gasteiger charge is 2.22. The molecule has 1 aliphatic rings. The van der Waals surface area contributed by atoms with Crippen molar-refractivity contribution in [3.8, 4) is 39.1 Å². The molecule has 8 heteroatoms. The molecule has 0 saturated heterocycles. The summed E-state index contributed by atoms with van der Waals surface area (Å²) < 4.78 is 13.0. The summed E-state index contributed by atoms with van der Waals surface area (Å²) in [6.45, 7) is 0.231. The largest absolute Gasteiger partial charge is 0.454 e. The molecule has 1 N–H and O–H groups in total. The second kappa shape index (κ2) is 7.10. The van der Waals surface area contributed by atoms with Crippen molar-refractivity contribution in [1.29, 1.82) is 0 Å². The molecule has 0 spiro atoms. The van der Waals surface area contributed by atoms with Gasteiger partial charge in [0.25, 0.3) is 0 Å². The molecule has 6 rings (SSSR count). The minimum absolute atomic E-state index is 0.231. The lowest BCUT2D eigenvalue weighted by Crippen LogP contribution is -2.07. The molecule has 0 atom stereocenters. The summed E-state index contributed by atoms with van der Waals surface area (Å²) in [5, 5.41) is 5.31. The molecule has 2 aromatic carbocycles. The number of imidazole rings is 1. The van der Waals surface area contributed by atoms with Crippen LogP contribution < -0.4 is 14.8 Å². The van der Waals surface area contributed by atoms with E-state index in [0.717, 1.165) is 44.3 Å². The number of thiophene rings is 1. The number of nitrogens with one attached hydrogen (secondary N) is 1. The molecule has 0 unspecified atom stereocenters. The Morgan fingerprint density at radius 2 is 1.90 bits per heavy atom. The van der Waals surface area contributed by atoms with Gasteiger partial charge in [-0.3, -0.25) is 4.57 Å². The van der Waals surface area contributed by atoms with E-state index in [4.69, 9.17) is 19.4 Å². The minimum atomic E-state index is 0.231. The predicted octanol–water partition coefficient (Wildman–Crippen LogP) is 4.98. The van der Waals surface area contributed by atoms with Gasteiger partial charge in [-0.05, 0) is 41.8 Å². The van der Waals surface area contributed by atoms with Gasteiger partial charge >= 0.3 is 0 Å². The molecule has 152 valence electrons. The van der Waals surface area contributed by atoms with Crippen molar-refractivity contribution in [3.05, 3.63) is 66.3 Å². The number of para-hydroxylation sites is 2. The van der Waals surface area contributed by atoms with Crippen LogP contribution in [0.5, 0.6) is 11.5 Å². The van der Waals surface area contributed by atoms with Gasteiger partial charge in [-0.1, -0.05) is 18.2 Å². The van der Waals surface area contributed by atoms with Crippen LogP contribution in [0.2, 0.25) is 0 Å². The van der Waals surface area contributed by atoms with Crippen molar-refractivity contribution in [2.75, 3.05) is 19.2 Å². The summed E-state index contributed by atoms with van der Waals surface area (Å²) in [6.07, 6.45) is 1.76. The van der Waals surface area contributed by atoms with Gasteiger partial charge in [0.2, 0.25) is 12.7 Å². The SMILES string of the molecule is CNc1nc(-n2cnc3ccccc32)nc(-c2ccc3c(c2)OCO3)c1-c1cccs1. The Hall–Kier alpha value is -3.91. The zero-order valence-electron chi connectivity index (χ0n) is 16.6. The van der Waals surface area contributed by atoms with Gasteiger partial charge in [-0.15, -0.1) is 11.3 Å². The molecule has 0 radical (unpaired) electrons. The molecule has 0 fully saturated rings. The van der Waals surface area contributed by atoms with Crippen molar-refractivity contribution in [3.63, 3.8) is 0 Å². The molecule has 4 heterocycles. The number of aromatic nitrogens is 4. The molecular formula is C23H17N5O2S. The van der Waals surface area contributed by atoms with Gasteiger partial charge < -0.3 is 14.8 Å². The summed E-state index contributed by atoms with van der Waals surface area (Å²) in [5.41, 5.74) is 4.53. The Labute approximate surface area is 182 Å². The van der Waals surface area contributed by atoms with Crippen LogP contribution >= 0.6 is 11.3 Å². The van der Waals surface area contributed by atoms with E-state index in [9.17, 15) is 0 Å². The van der Waals surface area contributed by atoms with Gasteiger partial charge in [-0.2, -0.15) is 4.98 Å². The van der Waals surface area contributed by atoms with Gasteiger partial charge in [0.15, 0.2) is 11.5 Å². The molecule has 0 aliphatic carbocycles. The van der Waals surface area contributed by atoms with Gasteiger partial charge in [0.1, 0.15) is 12.1 Å². The lowest BCUT2D eigenvalue weighted by atomic mass is 10.0. The summed E-state index contributed by atoms with van der Waals surface area (Å²) in [7, 11) is 1.87. The predicted molar refractivity (Wildman–Crippen MR) is 121 cm³/mol. The van der Waals surface area contributed by atoms with E-state index in [1.54, 1.807) is 17.7 Å². The van der Waals surface area contributed by atoms with Crippen LogP contribution in [0, 0.1) is 0 Å². The highest BCUT2D eigenvalue weighted by Crippen LogP contribution is 2.42. The Balaban J connectivity index is 1.63. The van der Waals surface area contributed by atoms with Gasteiger partial charge in [-0.25, -0.2) is 9.97 Å². The number of anilines is 1. The van der Waals surface area contributed by atoms with Crippen LogP contribution in [0.3, 0.4) is 0 Å². The van der Waals surface area contributed by atoms with Crippen LogP contribution in [-0.2, 0) is 0 Å². The molecule has 5 aromatic rings. The Bertz CT molecular complexity index is 1410. The lowest BCUT2D eigenvalue weighted by molar-refractivity contribution is 0.174. The maximum absolute atomic E-state index is 5.61. The average Bonchev–Trinajstić information content (AvgIpc) is 3.58. The van der Waals surface area contributed by atoms with E-state index >= 15 is 0 Å². The fourth-order valence-electron chi connectivity index (χ4n) is 3.76. The maximum atomic E-state index is 5.61. The number of rotatable bonds is 4. The average molecular weight is 427 g/mol. The first-order chi connectivity index (χ1) is 15.3. The molecule has 7 nitrogen and oxygen atoms in total. The highest BCUT2D eigenvalue weighted by molar-refractivity contribution is 7.13. The fourth-order valence-corrected chi connectivity index (χ4v) is 4.54. The van der Waals surface area contributed by atoms with E-state index in [1.807, 2.05) is 60.1 Å². The third-order valence-corrected chi connectivity index (χ3v) is 6.10. The zero-order valence-corrected chi connectivity index (χ0v) is 17.4. The number of nitrogens with zero attached hydrogens (tertiary/aromatic N) is 4. The summed E-state index contributed by atoms with van der Waals surface area (Å²) >= 11 is 1.65. The number of fused-ring (bicyclic) bond motifs is 2. The summed E-state index contributed by atoms with van der Waals surface area (Å²) in [4.78, 5) is 15.4. The van der Waals surface area contributed by atoms with E-state index in [1.165, 1.54) is 0 Å². The smallest absolute Gasteiger partial charge is 0.238 e. The molecule has 0 saturated carbocycles. The van der Waals surface area contributed by atoms with Crippen molar-refractivity contribution in [1.82, 2.24) is 19.5 Å². The molecule has 3 aromatic heterocycles. The molecular weight excluding hydrogens is 410 g/mol. The Morgan fingerprint density at radius 1 is 1.00 bits per heavy atom. The minimum Gasteiger partial charge on any atom is -0.454 e.